The normalized spacial score (nSPS) is 24.4. The topological polar surface area (TPSA) is 49.8 Å². The van der Waals surface area contributed by atoms with Gasteiger partial charge in [-0.25, -0.2) is 15.3 Å². The van der Waals surface area contributed by atoms with E-state index < -0.39 is 0 Å². The number of hydrogen-bond acceptors (Lipinski definition) is 5. The van der Waals surface area contributed by atoms with E-state index >= 15 is 0 Å². The van der Waals surface area contributed by atoms with Crippen molar-refractivity contribution in [2.75, 3.05) is 13.1 Å². The predicted molar refractivity (Wildman–Crippen MR) is 50.2 cm³/mol. The highest BCUT2D eigenvalue weighted by Gasteiger charge is 2.34. The summed E-state index contributed by atoms with van der Waals surface area (Å²) in [5, 5.41) is 0. The maximum absolute atomic E-state index is 5.39. The number of guanidine groups is 1. The van der Waals surface area contributed by atoms with Gasteiger partial charge in [-0.2, -0.15) is 0 Å². The summed E-state index contributed by atoms with van der Waals surface area (Å²) in [6.07, 6.45) is 1.64. The maximum atomic E-state index is 5.39. The molecule has 0 saturated carbocycles. The van der Waals surface area contributed by atoms with Gasteiger partial charge in [0.1, 0.15) is 0 Å². The van der Waals surface area contributed by atoms with Crippen LogP contribution in [0.2, 0.25) is 0 Å². The van der Waals surface area contributed by atoms with Crippen molar-refractivity contribution in [1.82, 2.24) is 15.4 Å². The number of fused-ring (bicyclic) bond motifs is 1. The van der Waals surface area contributed by atoms with Crippen molar-refractivity contribution in [3.05, 3.63) is 30.1 Å². The zero-order valence-electron chi connectivity index (χ0n) is 7.55. The van der Waals surface area contributed by atoms with Gasteiger partial charge in [0, 0.05) is 12.7 Å². The lowest BCUT2D eigenvalue weighted by Crippen LogP contribution is -2.27. The lowest BCUT2D eigenvalue weighted by molar-refractivity contribution is -0.0132. The van der Waals surface area contributed by atoms with Crippen LogP contribution in [0.1, 0.15) is 11.9 Å². The van der Waals surface area contributed by atoms with Crippen molar-refractivity contribution < 1.29 is 4.84 Å². The maximum Gasteiger partial charge on any atom is 0.221 e. The molecule has 0 aliphatic carbocycles. The molecule has 0 amide bonds. The fourth-order valence-corrected chi connectivity index (χ4v) is 1.69. The molecule has 2 aliphatic heterocycles. The summed E-state index contributed by atoms with van der Waals surface area (Å²) in [4.78, 5) is 16.0. The van der Waals surface area contributed by atoms with Gasteiger partial charge in [0.15, 0.2) is 0 Å². The number of nitrogens with zero attached hydrogens (tertiary/aromatic N) is 3. The summed E-state index contributed by atoms with van der Waals surface area (Å²) in [5.74, 6) is 0.820. The zero-order chi connectivity index (χ0) is 9.38. The molecule has 1 atom stereocenters. The minimum absolute atomic E-state index is 0.127. The van der Waals surface area contributed by atoms with E-state index in [1.54, 1.807) is 6.20 Å². The van der Waals surface area contributed by atoms with Gasteiger partial charge in [0.05, 0.1) is 12.2 Å². The van der Waals surface area contributed by atoms with Crippen LogP contribution in [0.5, 0.6) is 0 Å². The summed E-state index contributed by atoms with van der Waals surface area (Å²) in [6.45, 7) is 1.72. The van der Waals surface area contributed by atoms with E-state index in [0.717, 1.165) is 24.7 Å². The number of hydrogen-bond donors (Lipinski definition) is 1. The van der Waals surface area contributed by atoms with Crippen molar-refractivity contribution in [1.29, 1.82) is 0 Å². The largest absolute Gasteiger partial charge is 0.306 e. The van der Waals surface area contributed by atoms with Gasteiger partial charge in [-0.15, -0.1) is 0 Å². The Hall–Kier alpha value is -1.62. The van der Waals surface area contributed by atoms with E-state index in [0.29, 0.717) is 0 Å². The first-order chi connectivity index (χ1) is 6.95. The highest BCUT2D eigenvalue weighted by atomic mass is 16.7. The van der Waals surface area contributed by atoms with Crippen LogP contribution in [0.3, 0.4) is 0 Å². The number of pyridine rings is 1. The average Bonchev–Trinajstić information content (AvgIpc) is 2.79. The van der Waals surface area contributed by atoms with Crippen LogP contribution in [0, 0.1) is 0 Å². The fraction of sp³-hybridized carbons (Fsp3) is 0.333. The molecule has 72 valence electrons. The van der Waals surface area contributed by atoms with Gasteiger partial charge in [0.2, 0.25) is 12.2 Å². The molecule has 3 heterocycles. The Morgan fingerprint density at radius 3 is 3.36 bits per heavy atom. The standard InChI is InChI=1S/C9H10N4O/c1-2-4-10-7(3-1)8-13-6-5-11-9(13)12-14-8/h1-4,8H,5-6H2,(H,11,12). The Labute approximate surface area is 81.4 Å². The summed E-state index contributed by atoms with van der Waals surface area (Å²) >= 11 is 0. The number of rotatable bonds is 1. The third-order valence-corrected chi connectivity index (χ3v) is 2.36. The molecule has 1 saturated heterocycles. The predicted octanol–water partition coefficient (Wildman–Crippen LogP) is 0.287. The minimum Gasteiger partial charge on any atom is -0.306 e. The first-order valence-electron chi connectivity index (χ1n) is 4.59. The van der Waals surface area contributed by atoms with Crippen LogP contribution in [-0.2, 0) is 4.84 Å². The molecular weight excluding hydrogens is 180 g/mol. The molecule has 1 aromatic heterocycles. The van der Waals surface area contributed by atoms with Crippen LogP contribution in [0.4, 0.5) is 0 Å². The molecule has 5 heteroatoms. The Morgan fingerprint density at radius 1 is 1.50 bits per heavy atom. The van der Waals surface area contributed by atoms with Crippen molar-refractivity contribution in [2.45, 2.75) is 6.23 Å². The molecule has 14 heavy (non-hydrogen) atoms. The lowest BCUT2D eigenvalue weighted by Gasteiger charge is -2.17. The molecule has 1 fully saturated rings. The van der Waals surface area contributed by atoms with Crippen LogP contribution < -0.4 is 5.48 Å². The summed E-state index contributed by atoms with van der Waals surface area (Å²) < 4.78 is 0. The van der Waals surface area contributed by atoms with E-state index in [1.807, 2.05) is 18.2 Å². The molecule has 0 radical (unpaired) electrons. The zero-order valence-corrected chi connectivity index (χ0v) is 7.55. The highest BCUT2D eigenvalue weighted by Crippen LogP contribution is 2.25. The Balaban J connectivity index is 1.91. The molecule has 1 N–H and O–H groups in total. The van der Waals surface area contributed by atoms with E-state index in [4.69, 9.17) is 4.84 Å². The fourth-order valence-electron chi connectivity index (χ4n) is 1.69. The summed E-state index contributed by atoms with van der Waals surface area (Å²) in [6, 6.07) is 5.80. The van der Waals surface area contributed by atoms with Crippen LogP contribution in [0.25, 0.3) is 0 Å². The van der Waals surface area contributed by atoms with Crippen LogP contribution in [0.15, 0.2) is 29.4 Å². The van der Waals surface area contributed by atoms with Crippen molar-refractivity contribution in [3.8, 4) is 0 Å². The lowest BCUT2D eigenvalue weighted by atomic mass is 10.3. The molecule has 1 aromatic rings. The van der Waals surface area contributed by atoms with Gasteiger partial charge in [0.25, 0.3) is 0 Å². The first-order valence-corrected chi connectivity index (χ1v) is 4.59. The van der Waals surface area contributed by atoms with Crippen molar-refractivity contribution in [3.63, 3.8) is 0 Å². The van der Waals surface area contributed by atoms with Crippen molar-refractivity contribution in [2.24, 2.45) is 4.99 Å². The van der Waals surface area contributed by atoms with Gasteiger partial charge < -0.3 is 4.90 Å². The van der Waals surface area contributed by atoms with E-state index in [-0.39, 0.29) is 6.23 Å². The molecule has 3 rings (SSSR count). The van der Waals surface area contributed by atoms with Gasteiger partial charge in [-0.3, -0.25) is 4.98 Å². The van der Waals surface area contributed by atoms with E-state index in [1.165, 1.54) is 0 Å². The Bertz CT molecular complexity index is 364. The number of hydroxylamine groups is 1. The summed E-state index contributed by atoms with van der Waals surface area (Å²) in [5.41, 5.74) is 3.71. The quantitative estimate of drug-likeness (QED) is 0.691. The second-order valence-corrected chi connectivity index (χ2v) is 3.23. The number of aromatic nitrogens is 1. The molecule has 0 aromatic carbocycles. The highest BCUT2D eigenvalue weighted by molar-refractivity contribution is 5.82. The van der Waals surface area contributed by atoms with E-state index in [2.05, 4.69) is 20.4 Å². The molecule has 5 nitrogen and oxygen atoms in total. The molecule has 1 unspecified atom stereocenters. The molecule has 2 aliphatic rings. The SMILES string of the molecule is c1ccc(C2ONC3=NCCN32)nc1. The average molecular weight is 190 g/mol. The molecule has 0 bridgehead atoms. The smallest absolute Gasteiger partial charge is 0.221 e. The first kappa shape index (κ1) is 7.75. The van der Waals surface area contributed by atoms with E-state index in [9.17, 15) is 0 Å². The van der Waals surface area contributed by atoms with Gasteiger partial charge >= 0.3 is 0 Å². The van der Waals surface area contributed by atoms with Crippen LogP contribution in [-0.4, -0.2) is 28.9 Å². The second-order valence-electron chi connectivity index (χ2n) is 3.23. The van der Waals surface area contributed by atoms with Crippen molar-refractivity contribution >= 4 is 5.96 Å². The monoisotopic (exact) mass is 190 g/mol. The summed E-state index contributed by atoms with van der Waals surface area (Å²) in [7, 11) is 0. The molecule has 0 spiro atoms. The molecular formula is C9H10N4O. The number of nitrogens with one attached hydrogen (secondary N) is 1. The van der Waals surface area contributed by atoms with Gasteiger partial charge in [-0.1, -0.05) is 6.07 Å². The van der Waals surface area contributed by atoms with Crippen LogP contribution >= 0.6 is 0 Å². The Kier molecular flexibility index (Phi) is 1.63. The minimum atomic E-state index is -0.127. The second kappa shape index (κ2) is 2.95. The third-order valence-electron chi connectivity index (χ3n) is 2.36. The third kappa shape index (κ3) is 1.06. The number of aliphatic imine (C=N–C) groups is 1. The van der Waals surface area contributed by atoms with Gasteiger partial charge in [-0.05, 0) is 12.1 Å². The Morgan fingerprint density at radius 2 is 2.50 bits per heavy atom.